The average Bonchev–Trinajstić information content (AvgIpc) is 3.36. The number of hydrogen-bond acceptors (Lipinski definition) is 7. The molecule has 0 spiro atoms. The maximum Gasteiger partial charge on any atom is 0.245 e. The second-order valence-corrected chi connectivity index (χ2v) is 7.45. The number of aromatic nitrogens is 4. The fourth-order valence-corrected chi connectivity index (χ4v) is 3.83. The topological polar surface area (TPSA) is 111 Å². The Kier molecular flexibility index (Phi) is 4.72. The Morgan fingerprint density at radius 1 is 1.10 bits per heavy atom. The number of benzene rings is 1. The highest BCUT2D eigenvalue weighted by Crippen LogP contribution is 2.27. The Hall–Kier alpha value is -3.98. The lowest BCUT2D eigenvalue weighted by Gasteiger charge is -2.10. The average molecular weight is 415 g/mol. The highest BCUT2D eigenvalue weighted by Gasteiger charge is 2.20. The van der Waals surface area contributed by atoms with Crippen LogP contribution in [0.3, 0.4) is 0 Å². The first kappa shape index (κ1) is 19.0. The van der Waals surface area contributed by atoms with Crippen LogP contribution in [-0.2, 0) is 17.9 Å². The summed E-state index contributed by atoms with van der Waals surface area (Å²) in [5.41, 5.74) is 11.3. The van der Waals surface area contributed by atoms with E-state index in [2.05, 4.69) is 32.5 Å². The molecule has 5 rings (SSSR count). The number of rotatable bonds is 6. The molecular weight excluding hydrogens is 394 g/mol. The lowest BCUT2D eigenvalue weighted by molar-refractivity contribution is -0.119. The van der Waals surface area contributed by atoms with Crippen molar-refractivity contribution in [2.45, 2.75) is 13.1 Å². The third-order valence-electron chi connectivity index (χ3n) is 5.27. The number of amides is 1. The SMILES string of the molecule is COc1ccc(-c2ccc3cnc(Nc4ccc5c(c4)CN(CC(N)=O)C5)nn23)cn1. The number of carbonyl (C=O) groups excluding carboxylic acids is 1. The number of ether oxygens (including phenoxy) is 1. The van der Waals surface area contributed by atoms with Crippen LogP contribution in [0.5, 0.6) is 5.88 Å². The summed E-state index contributed by atoms with van der Waals surface area (Å²) in [6.07, 6.45) is 3.53. The van der Waals surface area contributed by atoms with E-state index in [1.54, 1.807) is 19.5 Å². The molecule has 3 aromatic heterocycles. The molecule has 4 heterocycles. The first-order chi connectivity index (χ1) is 15.1. The Morgan fingerprint density at radius 2 is 1.97 bits per heavy atom. The van der Waals surface area contributed by atoms with Gasteiger partial charge in [-0.05, 0) is 41.5 Å². The number of nitrogens with two attached hydrogens (primary N) is 1. The van der Waals surface area contributed by atoms with Crippen molar-refractivity contribution in [2.24, 2.45) is 5.73 Å². The third-order valence-corrected chi connectivity index (χ3v) is 5.27. The largest absolute Gasteiger partial charge is 0.481 e. The monoisotopic (exact) mass is 415 g/mol. The Bertz CT molecular complexity index is 1270. The maximum atomic E-state index is 11.2. The summed E-state index contributed by atoms with van der Waals surface area (Å²) in [6.45, 7) is 1.68. The summed E-state index contributed by atoms with van der Waals surface area (Å²) in [5.74, 6) is 0.730. The molecule has 1 aliphatic heterocycles. The van der Waals surface area contributed by atoms with E-state index in [0.717, 1.165) is 29.0 Å². The number of pyridine rings is 1. The van der Waals surface area contributed by atoms with Gasteiger partial charge in [-0.25, -0.2) is 14.5 Å². The van der Waals surface area contributed by atoms with E-state index in [1.165, 1.54) is 11.1 Å². The molecule has 0 radical (unpaired) electrons. The molecule has 3 N–H and O–H groups in total. The van der Waals surface area contributed by atoms with Crippen LogP contribution in [0.15, 0.2) is 54.9 Å². The lowest BCUT2D eigenvalue weighted by atomic mass is 10.1. The number of fused-ring (bicyclic) bond motifs is 2. The van der Waals surface area contributed by atoms with Gasteiger partial charge in [0.15, 0.2) is 0 Å². The molecule has 156 valence electrons. The van der Waals surface area contributed by atoms with Crippen molar-refractivity contribution in [1.29, 1.82) is 0 Å². The quantitative estimate of drug-likeness (QED) is 0.497. The van der Waals surface area contributed by atoms with Gasteiger partial charge in [-0.15, -0.1) is 5.10 Å². The van der Waals surface area contributed by atoms with Crippen LogP contribution in [0.1, 0.15) is 11.1 Å². The molecule has 4 aromatic rings. The third kappa shape index (κ3) is 3.78. The van der Waals surface area contributed by atoms with Gasteiger partial charge in [-0.1, -0.05) is 6.07 Å². The summed E-state index contributed by atoms with van der Waals surface area (Å²) in [6, 6.07) is 13.8. The molecular formula is C22H21N7O2. The lowest BCUT2D eigenvalue weighted by Crippen LogP contribution is -2.29. The van der Waals surface area contributed by atoms with E-state index < -0.39 is 0 Å². The van der Waals surface area contributed by atoms with Crippen molar-refractivity contribution in [1.82, 2.24) is 24.5 Å². The van der Waals surface area contributed by atoms with Gasteiger partial charge in [0.1, 0.15) is 0 Å². The molecule has 0 bridgehead atoms. The van der Waals surface area contributed by atoms with Crippen LogP contribution >= 0.6 is 0 Å². The Balaban J connectivity index is 1.40. The van der Waals surface area contributed by atoms with E-state index in [1.807, 2.05) is 39.7 Å². The standard InChI is InChI=1S/C22H21N7O2/c1-31-21-7-3-14(9-24-21)19-6-5-18-10-25-22(27-29(18)19)26-17-4-2-15-11-28(13-20(23)30)12-16(15)8-17/h2-10H,11-13H2,1H3,(H2,23,30)(H,26,27). The van der Waals surface area contributed by atoms with Crippen molar-refractivity contribution in [2.75, 3.05) is 19.0 Å². The molecule has 0 atom stereocenters. The zero-order valence-electron chi connectivity index (χ0n) is 16.9. The molecule has 31 heavy (non-hydrogen) atoms. The van der Waals surface area contributed by atoms with Crippen molar-refractivity contribution < 1.29 is 9.53 Å². The van der Waals surface area contributed by atoms with Gasteiger partial charge < -0.3 is 15.8 Å². The molecule has 0 saturated heterocycles. The fraction of sp³-hybridized carbons (Fsp3) is 0.182. The van der Waals surface area contributed by atoms with E-state index in [-0.39, 0.29) is 12.5 Å². The smallest absolute Gasteiger partial charge is 0.245 e. The first-order valence-corrected chi connectivity index (χ1v) is 9.84. The second-order valence-electron chi connectivity index (χ2n) is 7.45. The zero-order chi connectivity index (χ0) is 21.4. The molecule has 0 unspecified atom stereocenters. The molecule has 0 saturated carbocycles. The molecule has 1 aromatic carbocycles. The highest BCUT2D eigenvalue weighted by molar-refractivity contribution is 5.76. The number of carbonyl (C=O) groups is 1. The minimum absolute atomic E-state index is 0.258. The Morgan fingerprint density at radius 3 is 2.74 bits per heavy atom. The van der Waals surface area contributed by atoms with Crippen LogP contribution in [0, 0.1) is 0 Å². The highest BCUT2D eigenvalue weighted by atomic mass is 16.5. The van der Waals surface area contributed by atoms with Gasteiger partial charge in [-0.3, -0.25) is 9.69 Å². The molecule has 9 heteroatoms. The van der Waals surface area contributed by atoms with Crippen molar-refractivity contribution >= 4 is 23.1 Å². The Labute approximate surface area is 178 Å². The number of anilines is 2. The van der Waals surface area contributed by atoms with Crippen LogP contribution in [0.2, 0.25) is 0 Å². The predicted octanol–water partition coefficient (Wildman–Crippen LogP) is 2.34. The van der Waals surface area contributed by atoms with E-state index in [4.69, 9.17) is 10.5 Å². The van der Waals surface area contributed by atoms with Crippen LogP contribution in [0.25, 0.3) is 16.8 Å². The van der Waals surface area contributed by atoms with E-state index in [9.17, 15) is 4.79 Å². The molecule has 9 nitrogen and oxygen atoms in total. The van der Waals surface area contributed by atoms with Crippen LogP contribution < -0.4 is 15.8 Å². The van der Waals surface area contributed by atoms with Crippen molar-refractivity contribution in [3.8, 4) is 17.1 Å². The molecule has 1 aliphatic rings. The van der Waals surface area contributed by atoms with Gasteiger partial charge >= 0.3 is 0 Å². The van der Waals surface area contributed by atoms with E-state index in [0.29, 0.717) is 18.4 Å². The molecule has 0 fully saturated rings. The summed E-state index contributed by atoms with van der Waals surface area (Å²) >= 11 is 0. The number of nitrogens with zero attached hydrogens (tertiary/aromatic N) is 5. The van der Waals surface area contributed by atoms with Crippen LogP contribution in [-0.4, -0.2) is 44.0 Å². The maximum absolute atomic E-state index is 11.2. The van der Waals surface area contributed by atoms with Gasteiger partial charge in [-0.2, -0.15) is 0 Å². The summed E-state index contributed by atoms with van der Waals surface area (Å²) in [5, 5.41) is 7.94. The minimum atomic E-state index is -0.317. The summed E-state index contributed by atoms with van der Waals surface area (Å²) in [7, 11) is 1.59. The van der Waals surface area contributed by atoms with Gasteiger partial charge in [0.2, 0.25) is 17.7 Å². The number of methoxy groups -OCH3 is 1. The van der Waals surface area contributed by atoms with Crippen molar-refractivity contribution in [3.05, 3.63) is 66.0 Å². The van der Waals surface area contributed by atoms with Crippen LogP contribution in [0.4, 0.5) is 11.6 Å². The fourth-order valence-electron chi connectivity index (χ4n) is 3.83. The second kappa shape index (κ2) is 7.69. The zero-order valence-corrected chi connectivity index (χ0v) is 16.9. The molecule has 1 amide bonds. The van der Waals surface area contributed by atoms with Gasteiger partial charge in [0, 0.05) is 36.6 Å². The van der Waals surface area contributed by atoms with Gasteiger partial charge in [0.25, 0.3) is 0 Å². The van der Waals surface area contributed by atoms with Crippen molar-refractivity contribution in [3.63, 3.8) is 0 Å². The molecule has 0 aliphatic carbocycles. The van der Waals surface area contributed by atoms with E-state index >= 15 is 0 Å². The first-order valence-electron chi connectivity index (χ1n) is 9.84. The number of nitrogens with one attached hydrogen (secondary N) is 1. The summed E-state index contributed by atoms with van der Waals surface area (Å²) < 4.78 is 6.97. The minimum Gasteiger partial charge on any atom is -0.481 e. The number of hydrogen-bond donors (Lipinski definition) is 2. The van der Waals surface area contributed by atoms with Gasteiger partial charge in [0.05, 0.1) is 31.1 Å². The number of primary amides is 1. The predicted molar refractivity (Wildman–Crippen MR) is 116 cm³/mol. The normalized spacial score (nSPS) is 13.3. The summed E-state index contributed by atoms with van der Waals surface area (Å²) in [4.78, 5) is 21.9.